The Labute approximate surface area is 246 Å². The molecule has 220 valence electrons. The van der Waals surface area contributed by atoms with Crippen molar-refractivity contribution in [2.45, 2.75) is 51.1 Å². The second-order valence-electron chi connectivity index (χ2n) is 9.33. The molecule has 0 aliphatic carbocycles. The summed E-state index contributed by atoms with van der Waals surface area (Å²) < 4.78 is 48.8. The monoisotopic (exact) mass is 603 g/mol. The number of nitrogens with zero attached hydrogens (tertiary/aromatic N) is 2. The molecular formula is C30H35ClFN3O5S. The first-order valence-corrected chi connectivity index (χ1v) is 15.2. The van der Waals surface area contributed by atoms with Gasteiger partial charge in [-0.25, -0.2) is 12.8 Å². The summed E-state index contributed by atoms with van der Waals surface area (Å²) in [7, 11) is -4.26. The fraction of sp³-hybridized carbons (Fsp3) is 0.333. The summed E-state index contributed by atoms with van der Waals surface area (Å²) in [6.45, 7) is 5.33. The average Bonchev–Trinajstić information content (AvgIpc) is 2.96. The van der Waals surface area contributed by atoms with Crippen LogP contribution in [0.1, 0.15) is 39.2 Å². The standard InChI is InChI=1S/C30H35ClFN3O5S/c1-4-6-19-33-30(37)22(3)34(20-23-9-7-8-10-28(23)32)29(36)21-35(25-13-15-26(16-14-25)40-5-2)41(38,39)27-17-11-24(31)12-18-27/h7-18,22H,4-6,19-21H2,1-3H3,(H,33,37). The van der Waals surface area contributed by atoms with Crippen LogP contribution in [0.3, 0.4) is 0 Å². The molecule has 0 fully saturated rings. The Hall–Kier alpha value is -3.63. The zero-order chi connectivity index (χ0) is 30.0. The highest BCUT2D eigenvalue weighted by Gasteiger charge is 2.33. The summed E-state index contributed by atoms with van der Waals surface area (Å²) in [5.41, 5.74) is 0.407. The fourth-order valence-electron chi connectivity index (χ4n) is 4.07. The number of ether oxygens (including phenoxy) is 1. The molecule has 0 saturated heterocycles. The van der Waals surface area contributed by atoms with Crippen molar-refractivity contribution >= 4 is 39.1 Å². The number of hydrogen-bond donors (Lipinski definition) is 1. The smallest absolute Gasteiger partial charge is 0.264 e. The number of amides is 2. The zero-order valence-corrected chi connectivity index (χ0v) is 24.9. The first kappa shape index (κ1) is 31.9. The molecule has 0 aliphatic rings. The topological polar surface area (TPSA) is 96.0 Å². The van der Waals surface area contributed by atoms with Gasteiger partial charge in [0.1, 0.15) is 24.2 Å². The number of benzene rings is 3. The second kappa shape index (κ2) is 14.8. The van der Waals surface area contributed by atoms with Gasteiger partial charge >= 0.3 is 0 Å². The molecule has 0 aromatic heterocycles. The fourth-order valence-corrected chi connectivity index (χ4v) is 5.61. The van der Waals surface area contributed by atoms with Crippen molar-refractivity contribution in [3.05, 3.63) is 89.2 Å². The van der Waals surface area contributed by atoms with Crippen LogP contribution in [0.25, 0.3) is 0 Å². The van der Waals surface area contributed by atoms with Gasteiger partial charge in [0.2, 0.25) is 11.8 Å². The molecule has 0 heterocycles. The van der Waals surface area contributed by atoms with Gasteiger partial charge in [0, 0.05) is 23.7 Å². The Morgan fingerprint density at radius 2 is 1.66 bits per heavy atom. The second-order valence-corrected chi connectivity index (χ2v) is 11.6. The van der Waals surface area contributed by atoms with Crippen molar-refractivity contribution in [3.63, 3.8) is 0 Å². The maximum Gasteiger partial charge on any atom is 0.264 e. The molecule has 1 unspecified atom stereocenters. The molecule has 41 heavy (non-hydrogen) atoms. The largest absolute Gasteiger partial charge is 0.494 e. The normalized spacial score (nSPS) is 11.9. The molecule has 8 nitrogen and oxygen atoms in total. The number of hydrogen-bond acceptors (Lipinski definition) is 5. The molecule has 0 aliphatic heterocycles. The lowest BCUT2D eigenvalue weighted by Crippen LogP contribution is -2.51. The zero-order valence-electron chi connectivity index (χ0n) is 23.3. The molecule has 0 spiro atoms. The SMILES string of the molecule is CCCCNC(=O)C(C)N(Cc1ccccc1F)C(=O)CN(c1ccc(OCC)cc1)S(=O)(=O)c1ccc(Cl)cc1. The number of anilines is 1. The van der Waals surface area contributed by atoms with Crippen molar-refractivity contribution in [2.75, 3.05) is 24.0 Å². The van der Waals surface area contributed by atoms with E-state index in [4.69, 9.17) is 16.3 Å². The van der Waals surface area contributed by atoms with E-state index in [-0.39, 0.29) is 22.7 Å². The predicted molar refractivity (Wildman–Crippen MR) is 158 cm³/mol. The third-order valence-electron chi connectivity index (χ3n) is 6.41. The average molecular weight is 604 g/mol. The van der Waals surface area contributed by atoms with E-state index in [0.717, 1.165) is 17.1 Å². The van der Waals surface area contributed by atoms with Crippen LogP contribution in [-0.2, 0) is 26.2 Å². The van der Waals surface area contributed by atoms with Crippen molar-refractivity contribution in [1.29, 1.82) is 0 Å². The van der Waals surface area contributed by atoms with E-state index in [1.54, 1.807) is 18.2 Å². The third kappa shape index (κ3) is 8.43. The first-order chi connectivity index (χ1) is 19.6. The lowest BCUT2D eigenvalue weighted by atomic mass is 10.1. The van der Waals surface area contributed by atoms with Gasteiger partial charge in [0.05, 0.1) is 17.2 Å². The van der Waals surface area contributed by atoms with E-state index < -0.39 is 40.2 Å². The van der Waals surface area contributed by atoms with Gasteiger partial charge in [0.25, 0.3) is 10.0 Å². The van der Waals surface area contributed by atoms with E-state index in [1.807, 2.05) is 13.8 Å². The van der Waals surface area contributed by atoms with Crippen LogP contribution in [0, 0.1) is 5.82 Å². The van der Waals surface area contributed by atoms with Crippen LogP contribution in [0.5, 0.6) is 5.75 Å². The number of rotatable bonds is 14. The Bertz CT molecular complexity index is 1420. The molecule has 3 aromatic carbocycles. The van der Waals surface area contributed by atoms with Gasteiger partial charge in [-0.1, -0.05) is 43.1 Å². The molecule has 1 N–H and O–H groups in total. The number of carbonyl (C=O) groups excluding carboxylic acids is 2. The first-order valence-electron chi connectivity index (χ1n) is 13.4. The highest BCUT2D eigenvalue weighted by molar-refractivity contribution is 7.92. The van der Waals surface area contributed by atoms with Gasteiger partial charge in [0.15, 0.2) is 0 Å². The molecule has 2 amide bonds. The molecule has 0 bridgehead atoms. The number of carbonyl (C=O) groups is 2. The summed E-state index contributed by atoms with van der Waals surface area (Å²) in [5.74, 6) is -1.11. The molecule has 1 atom stereocenters. The van der Waals surface area contributed by atoms with Gasteiger partial charge in [-0.2, -0.15) is 0 Å². The lowest BCUT2D eigenvalue weighted by molar-refractivity contribution is -0.139. The summed E-state index contributed by atoms with van der Waals surface area (Å²) >= 11 is 5.98. The van der Waals surface area contributed by atoms with E-state index in [1.165, 1.54) is 66.4 Å². The van der Waals surface area contributed by atoms with Gasteiger partial charge in [-0.05, 0) is 74.9 Å². The van der Waals surface area contributed by atoms with E-state index in [9.17, 15) is 22.4 Å². The van der Waals surface area contributed by atoms with Gasteiger partial charge in [-0.15, -0.1) is 0 Å². The maximum atomic E-state index is 14.6. The molecule has 0 radical (unpaired) electrons. The number of sulfonamides is 1. The summed E-state index contributed by atoms with van der Waals surface area (Å²) in [4.78, 5) is 28.0. The van der Waals surface area contributed by atoms with Gasteiger partial charge in [-0.3, -0.25) is 13.9 Å². The van der Waals surface area contributed by atoms with Crippen LogP contribution in [0.4, 0.5) is 10.1 Å². The van der Waals surface area contributed by atoms with Gasteiger partial charge < -0.3 is 15.0 Å². The molecular weight excluding hydrogens is 569 g/mol. The minimum atomic E-state index is -4.26. The summed E-state index contributed by atoms with van der Waals surface area (Å²) in [6.07, 6.45) is 1.62. The van der Waals surface area contributed by atoms with Crippen LogP contribution >= 0.6 is 11.6 Å². The highest BCUT2D eigenvalue weighted by atomic mass is 35.5. The van der Waals surface area contributed by atoms with Crippen molar-refractivity contribution in [1.82, 2.24) is 10.2 Å². The summed E-state index contributed by atoms with van der Waals surface area (Å²) in [6, 6.07) is 16.8. The van der Waals surface area contributed by atoms with Crippen molar-refractivity contribution < 1.29 is 27.1 Å². The minimum Gasteiger partial charge on any atom is -0.494 e. The molecule has 3 rings (SSSR count). The van der Waals surface area contributed by atoms with E-state index in [0.29, 0.717) is 23.9 Å². The molecule has 0 saturated carbocycles. The van der Waals surface area contributed by atoms with E-state index in [2.05, 4.69) is 5.32 Å². The Morgan fingerprint density at radius 3 is 2.27 bits per heavy atom. The van der Waals surface area contributed by atoms with Crippen LogP contribution < -0.4 is 14.4 Å². The van der Waals surface area contributed by atoms with Crippen molar-refractivity contribution in [2.24, 2.45) is 0 Å². The Morgan fingerprint density at radius 1 is 1.00 bits per heavy atom. The third-order valence-corrected chi connectivity index (χ3v) is 8.45. The summed E-state index contributed by atoms with van der Waals surface area (Å²) in [5, 5.41) is 3.15. The molecule has 11 heteroatoms. The minimum absolute atomic E-state index is 0.0744. The maximum absolute atomic E-state index is 14.6. The van der Waals surface area contributed by atoms with Crippen LogP contribution in [-0.4, -0.2) is 50.9 Å². The Balaban J connectivity index is 2.01. The predicted octanol–water partition coefficient (Wildman–Crippen LogP) is 5.41. The quantitative estimate of drug-likeness (QED) is 0.249. The highest BCUT2D eigenvalue weighted by Crippen LogP contribution is 2.27. The number of nitrogens with one attached hydrogen (secondary N) is 1. The van der Waals surface area contributed by atoms with Crippen LogP contribution in [0.15, 0.2) is 77.7 Å². The van der Waals surface area contributed by atoms with Crippen molar-refractivity contribution in [3.8, 4) is 5.75 Å². The Kier molecular flexibility index (Phi) is 11.5. The number of unbranched alkanes of at least 4 members (excludes halogenated alkanes) is 1. The lowest BCUT2D eigenvalue weighted by Gasteiger charge is -2.32. The van der Waals surface area contributed by atoms with Crippen LogP contribution in [0.2, 0.25) is 5.02 Å². The van der Waals surface area contributed by atoms with E-state index >= 15 is 0 Å². The molecule has 3 aromatic rings. The number of halogens is 2.